The molecule has 0 aliphatic rings. The van der Waals surface area contributed by atoms with Gasteiger partial charge in [0.05, 0.1) is 0 Å². The second-order valence-corrected chi connectivity index (χ2v) is 4.00. The molecule has 0 aromatic carbocycles. The monoisotopic (exact) mass is 201 g/mol. The van der Waals surface area contributed by atoms with E-state index in [1.807, 2.05) is 0 Å². The number of hydrogen-bond donors (Lipinski definition) is 0. The third kappa shape index (κ3) is 8.52. The Hall–Kier alpha value is -0.0800. The lowest BCUT2D eigenvalue weighted by molar-refractivity contribution is -0.107. The van der Waals surface area contributed by atoms with Crippen LogP contribution >= 0.6 is 0 Å². The molecule has 0 aromatic heterocycles. The van der Waals surface area contributed by atoms with E-state index in [4.69, 9.17) is 9.47 Å². The van der Waals surface area contributed by atoms with Gasteiger partial charge >= 0.3 is 0 Å². The summed E-state index contributed by atoms with van der Waals surface area (Å²) in [5, 5.41) is 0. The Labute approximate surface area is 89.0 Å². The molecule has 0 fully saturated rings. The molecule has 0 heterocycles. The molecule has 0 saturated carbocycles. The van der Waals surface area contributed by atoms with Crippen LogP contribution in [-0.4, -0.2) is 20.5 Å². The first-order valence-electron chi connectivity index (χ1n) is 5.59. The molecule has 1 atom stereocenters. The third-order valence-electron chi connectivity index (χ3n) is 2.41. The lowest BCUT2D eigenvalue weighted by Crippen LogP contribution is -2.12. The molecule has 1 radical (unpaired) electrons. The van der Waals surface area contributed by atoms with E-state index in [2.05, 4.69) is 13.8 Å². The van der Waals surface area contributed by atoms with Gasteiger partial charge in [-0.05, 0) is 18.8 Å². The van der Waals surface area contributed by atoms with Crippen LogP contribution in [0, 0.1) is 12.8 Å². The minimum atomic E-state index is -0.0123. The summed E-state index contributed by atoms with van der Waals surface area (Å²) in [5.74, 6) is 0.598. The molecule has 14 heavy (non-hydrogen) atoms. The summed E-state index contributed by atoms with van der Waals surface area (Å²) in [7, 11) is 3.39. The van der Waals surface area contributed by atoms with Crippen LogP contribution < -0.4 is 0 Å². The number of rotatable bonds is 9. The fourth-order valence-electron chi connectivity index (χ4n) is 1.49. The van der Waals surface area contributed by atoms with Crippen LogP contribution in [0.15, 0.2) is 0 Å². The van der Waals surface area contributed by atoms with Gasteiger partial charge in [-0.3, -0.25) is 0 Å². The van der Waals surface area contributed by atoms with E-state index in [1.54, 1.807) is 14.2 Å². The Balaban J connectivity index is 3.12. The highest BCUT2D eigenvalue weighted by molar-refractivity contribution is 4.54. The molecule has 0 amide bonds. The Morgan fingerprint density at radius 1 is 0.929 bits per heavy atom. The molecule has 0 rings (SSSR count). The molecule has 2 nitrogen and oxygen atoms in total. The second-order valence-electron chi connectivity index (χ2n) is 4.00. The molecular weight excluding hydrogens is 176 g/mol. The standard InChI is InChI=1S/C12H25O2/c1-11(2)9-7-5-6-8-10-12(13-3)14-4/h11-12H,1,5-10H2,2-4H3. The van der Waals surface area contributed by atoms with Gasteiger partial charge in [-0.1, -0.05) is 39.5 Å². The van der Waals surface area contributed by atoms with Crippen molar-refractivity contribution in [1.29, 1.82) is 0 Å². The predicted molar refractivity (Wildman–Crippen MR) is 60.0 cm³/mol. The van der Waals surface area contributed by atoms with Gasteiger partial charge in [0.1, 0.15) is 0 Å². The normalized spacial score (nSPS) is 11.6. The maximum atomic E-state index is 5.11. The van der Waals surface area contributed by atoms with E-state index in [-0.39, 0.29) is 6.29 Å². The molecule has 0 N–H and O–H groups in total. The van der Waals surface area contributed by atoms with Gasteiger partial charge in [0.2, 0.25) is 0 Å². The zero-order valence-electron chi connectivity index (χ0n) is 9.92. The van der Waals surface area contributed by atoms with Gasteiger partial charge in [-0.15, -0.1) is 0 Å². The van der Waals surface area contributed by atoms with Gasteiger partial charge in [-0.2, -0.15) is 0 Å². The van der Waals surface area contributed by atoms with Crippen molar-refractivity contribution in [2.75, 3.05) is 14.2 Å². The van der Waals surface area contributed by atoms with Gasteiger partial charge in [-0.25, -0.2) is 0 Å². The number of unbranched alkanes of at least 4 members (excludes halogenated alkanes) is 3. The van der Waals surface area contributed by atoms with Crippen molar-refractivity contribution in [2.24, 2.45) is 5.92 Å². The molecule has 1 unspecified atom stereocenters. The molecule has 0 bridgehead atoms. The van der Waals surface area contributed by atoms with Crippen LogP contribution in [0.3, 0.4) is 0 Å². The fraction of sp³-hybridized carbons (Fsp3) is 0.917. The van der Waals surface area contributed by atoms with E-state index in [0.29, 0.717) is 5.92 Å². The molecular formula is C12H25O2. The summed E-state index contributed by atoms with van der Waals surface area (Å²) in [4.78, 5) is 0. The first-order chi connectivity index (χ1) is 6.70. The van der Waals surface area contributed by atoms with E-state index in [1.165, 1.54) is 32.1 Å². The lowest BCUT2D eigenvalue weighted by Gasteiger charge is -2.12. The van der Waals surface area contributed by atoms with Crippen molar-refractivity contribution >= 4 is 0 Å². The Morgan fingerprint density at radius 3 is 1.86 bits per heavy atom. The van der Waals surface area contributed by atoms with Crippen molar-refractivity contribution in [3.63, 3.8) is 0 Å². The van der Waals surface area contributed by atoms with Crippen LogP contribution in [0.2, 0.25) is 0 Å². The highest BCUT2D eigenvalue weighted by atomic mass is 16.7. The maximum Gasteiger partial charge on any atom is 0.156 e. The zero-order valence-corrected chi connectivity index (χ0v) is 9.92. The van der Waals surface area contributed by atoms with Crippen molar-refractivity contribution < 1.29 is 9.47 Å². The fourth-order valence-corrected chi connectivity index (χ4v) is 1.49. The van der Waals surface area contributed by atoms with E-state index in [9.17, 15) is 0 Å². The van der Waals surface area contributed by atoms with Crippen LogP contribution in [0.25, 0.3) is 0 Å². The molecule has 85 valence electrons. The highest BCUT2D eigenvalue weighted by Gasteiger charge is 2.03. The minimum Gasteiger partial charge on any atom is -0.356 e. The highest BCUT2D eigenvalue weighted by Crippen LogP contribution is 2.12. The SMILES string of the molecule is [CH2]C(C)CCCCCCC(OC)OC. The topological polar surface area (TPSA) is 18.5 Å². The van der Waals surface area contributed by atoms with Gasteiger partial charge < -0.3 is 9.47 Å². The van der Waals surface area contributed by atoms with Crippen molar-refractivity contribution in [2.45, 2.75) is 51.7 Å². The van der Waals surface area contributed by atoms with Gasteiger partial charge in [0, 0.05) is 14.2 Å². The Bertz CT molecular complexity index is 109. The molecule has 0 aromatic rings. The first kappa shape index (κ1) is 13.9. The minimum absolute atomic E-state index is 0.0123. The van der Waals surface area contributed by atoms with Crippen molar-refractivity contribution in [1.82, 2.24) is 0 Å². The summed E-state index contributed by atoms with van der Waals surface area (Å²) in [6.07, 6.45) is 7.32. The van der Waals surface area contributed by atoms with Crippen LogP contribution in [0.4, 0.5) is 0 Å². The Morgan fingerprint density at radius 2 is 1.43 bits per heavy atom. The van der Waals surface area contributed by atoms with Crippen molar-refractivity contribution in [3.8, 4) is 0 Å². The van der Waals surface area contributed by atoms with Crippen LogP contribution in [-0.2, 0) is 9.47 Å². The van der Waals surface area contributed by atoms with E-state index >= 15 is 0 Å². The number of methoxy groups -OCH3 is 2. The lowest BCUT2D eigenvalue weighted by atomic mass is 10.0. The second kappa shape index (κ2) is 9.47. The summed E-state index contributed by atoms with van der Waals surface area (Å²) in [6.45, 7) is 6.14. The van der Waals surface area contributed by atoms with Crippen LogP contribution in [0.5, 0.6) is 0 Å². The largest absolute Gasteiger partial charge is 0.356 e. The molecule has 2 heteroatoms. The smallest absolute Gasteiger partial charge is 0.156 e. The molecule has 0 aliphatic carbocycles. The summed E-state index contributed by atoms with van der Waals surface area (Å²) in [6, 6.07) is 0. The first-order valence-corrected chi connectivity index (χ1v) is 5.59. The quantitative estimate of drug-likeness (QED) is 0.420. The molecule has 0 spiro atoms. The Kier molecular flexibility index (Phi) is 9.42. The molecule has 0 saturated heterocycles. The average Bonchev–Trinajstić information content (AvgIpc) is 2.16. The third-order valence-corrected chi connectivity index (χ3v) is 2.41. The summed E-state index contributed by atoms with van der Waals surface area (Å²) in [5.41, 5.74) is 0. The summed E-state index contributed by atoms with van der Waals surface area (Å²) < 4.78 is 10.2. The van der Waals surface area contributed by atoms with Crippen molar-refractivity contribution in [3.05, 3.63) is 6.92 Å². The van der Waals surface area contributed by atoms with E-state index in [0.717, 1.165) is 6.42 Å². The van der Waals surface area contributed by atoms with Crippen LogP contribution in [0.1, 0.15) is 45.4 Å². The zero-order chi connectivity index (χ0) is 10.8. The van der Waals surface area contributed by atoms with E-state index < -0.39 is 0 Å². The van der Waals surface area contributed by atoms with Gasteiger partial charge in [0.25, 0.3) is 0 Å². The summed E-state index contributed by atoms with van der Waals surface area (Å²) >= 11 is 0. The maximum absolute atomic E-state index is 5.11. The molecule has 0 aliphatic heterocycles. The number of hydrogen-bond acceptors (Lipinski definition) is 2. The number of ether oxygens (including phenoxy) is 2. The average molecular weight is 201 g/mol. The predicted octanol–water partition coefficient (Wildman–Crippen LogP) is 3.42. The van der Waals surface area contributed by atoms with Gasteiger partial charge in [0.15, 0.2) is 6.29 Å².